The molecule has 0 amide bonds. The average molecular weight is 441 g/mol. The van der Waals surface area contributed by atoms with E-state index >= 15 is 0 Å². The molecule has 0 saturated heterocycles. The second kappa shape index (κ2) is 10.6. The number of anilines is 2. The van der Waals surface area contributed by atoms with Gasteiger partial charge in [0.15, 0.2) is 0 Å². The van der Waals surface area contributed by atoms with Gasteiger partial charge in [-0.25, -0.2) is 9.78 Å². The Kier molecular flexibility index (Phi) is 7.67. The number of hydrogen-bond acceptors (Lipinski definition) is 8. The molecule has 1 aromatic carbocycles. The van der Waals surface area contributed by atoms with Crippen molar-refractivity contribution in [1.82, 2.24) is 9.97 Å². The molecule has 2 heterocycles. The first-order valence-electron chi connectivity index (χ1n) is 10.4. The number of aromatic nitrogens is 2. The maximum absolute atomic E-state index is 12.3. The number of nitrogens with zero attached hydrogens (tertiary/aromatic N) is 2. The number of aliphatic hydroxyl groups excluding tert-OH is 1. The summed E-state index contributed by atoms with van der Waals surface area (Å²) in [7, 11) is 3.14. The van der Waals surface area contributed by atoms with Crippen molar-refractivity contribution < 1.29 is 24.5 Å². The van der Waals surface area contributed by atoms with Crippen LogP contribution in [-0.4, -0.2) is 53.0 Å². The molecule has 170 valence electrons. The molecule has 3 aromatic rings. The van der Waals surface area contributed by atoms with Gasteiger partial charge in [0.25, 0.3) is 0 Å². The van der Waals surface area contributed by atoms with Crippen LogP contribution < -0.4 is 20.1 Å². The largest absolute Gasteiger partial charge is 0.497 e. The van der Waals surface area contributed by atoms with E-state index in [1.807, 2.05) is 13.0 Å². The summed E-state index contributed by atoms with van der Waals surface area (Å²) in [6.45, 7) is 2.15. The van der Waals surface area contributed by atoms with Gasteiger partial charge in [0.2, 0.25) is 0 Å². The minimum atomic E-state index is -1.15. The van der Waals surface area contributed by atoms with Crippen LogP contribution in [-0.2, 0) is 6.54 Å². The lowest BCUT2D eigenvalue weighted by molar-refractivity contribution is 0.0698. The van der Waals surface area contributed by atoms with E-state index in [0.717, 1.165) is 12.0 Å². The predicted molar refractivity (Wildman–Crippen MR) is 123 cm³/mol. The van der Waals surface area contributed by atoms with Crippen LogP contribution in [0.1, 0.15) is 35.7 Å². The van der Waals surface area contributed by atoms with Crippen LogP contribution >= 0.6 is 0 Å². The Labute approximate surface area is 186 Å². The molecule has 3 rings (SSSR count). The molecule has 0 aliphatic rings. The lowest BCUT2D eigenvalue weighted by Gasteiger charge is -2.21. The molecular weight excluding hydrogens is 412 g/mol. The summed E-state index contributed by atoms with van der Waals surface area (Å²) < 4.78 is 10.7. The first-order valence-corrected chi connectivity index (χ1v) is 10.4. The number of hydrogen-bond donors (Lipinski definition) is 4. The molecule has 0 radical (unpaired) electrons. The molecule has 0 unspecified atom stereocenters. The summed E-state index contributed by atoms with van der Waals surface area (Å²) in [4.78, 5) is 21.1. The van der Waals surface area contributed by atoms with Crippen LogP contribution in [0.4, 0.5) is 11.5 Å². The zero-order valence-corrected chi connectivity index (χ0v) is 18.4. The molecule has 4 N–H and O–H groups in total. The van der Waals surface area contributed by atoms with E-state index in [-0.39, 0.29) is 30.6 Å². The number of aliphatic hydroxyl groups is 1. The second-order valence-electron chi connectivity index (χ2n) is 7.23. The third-order valence-corrected chi connectivity index (χ3v) is 5.10. The van der Waals surface area contributed by atoms with Crippen molar-refractivity contribution in [2.45, 2.75) is 32.4 Å². The molecule has 9 nitrogen and oxygen atoms in total. The van der Waals surface area contributed by atoms with Gasteiger partial charge in [0.1, 0.15) is 28.4 Å². The Hall–Kier alpha value is -3.59. The van der Waals surface area contributed by atoms with E-state index in [0.29, 0.717) is 34.6 Å². The fourth-order valence-corrected chi connectivity index (χ4v) is 3.51. The minimum absolute atomic E-state index is 0.0294. The van der Waals surface area contributed by atoms with Crippen LogP contribution in [0.2, 0.25) is 0 Å². The second-order valence-corrected chi connectivity index (χ2v) is 7.23. The normalized spacial score (nSPS) is 11.8. The highest BCUT2D eigenvalue weighted by Gasteiger charge is 2.23. The van der Waals surface area contributed by atoms with Gasteiger partial charge in [-0.15, -0.1) is 0 Å². The number of carboxylic acids is 1. The summed E-state index contributed by atoms with van der Waals surface area (Å²) in [5.41, 5.74) is 2.09. The molecule has 1 atom stereocenters. The first-order chi connectivity index (χ1) is 15.5. The zero-order chi connectivity index (χ0) is 23.1. The summed E-state index contributed by atoms with van der Waals surface area (Å²) in [5.74, 6) is 0.318. The van der Waals surface area contributed by atoms with Crippen molar-refractivity contribution in [2.24, 2.45) is 0 Å². The summed E-state index contributed by atoms with van der Waals surface area (Å²) in [6.07, 6.45) is 3.10. The molecule has 0 bridgehead atoms. The molecule has 0 aliphatic heterocycles. The number of benzene rings is 1. The van der Waals surface area contributed by atoms with Crippen molar-refractivity contribution in [3.05, 3.63) is 47.7 Å². The fraction of sp³-hybridized carbons (Fsp3) is 0.348. The Morgan fingerprint density at radius 3 is 2.69 bits per heavy atom. The van der Waals surface area contributed by atoms with Gasteiger partial charge in [-0.2, -0.15) is 0 Å². The monoisotopic (exact) mass is 440 g/mol. The lowest BCUT2D eigenvalue weighted by atomic mass is 10.1. The zero-order valence-electron chi connectivity index (χ0n) is 18.4. The molecule has 0 fully saturated rings. The third kappa shape index (κ3) is 5.00. The number of aromatic carboxylic acids is 1. The average Bonchev–Trinajstić information content (AvgIpc) is 2.81. The smallest absolute Gasteiger partial charge is 0.341 e. The van der Waals surface area contributed by atoms with Crippen molar-refractivity contribution in [2.75, 3.05) is 31.5 Å². The Morgan fingerprint density at radius 1 is 1.22 bits per heavy atom. The Bertz CT molecular complexity index is 1090. The number of pyridine rings is 2. The Morgan fingerprint density at radius 2 is 2.03 bits per heavy atom. The van der Waals surface area contributed by atoms with Crippen molar-refractivity contribution in [3.8, 4) is 11.5 Å². The quantitative estimate of drug-likeness (QED) is 0.354. The van der Waals surface area contributed by atoms with E-state index in [1.165, 1.54) is 0 Å². The van der Waals surface area contributed by atoms with Gasteiger partial charge in [0, 0.05) is 30.4 Å². The number of rotatable bonds is 11. The van der Waals surface area contributed by atoms with Crippen LogP contribution in [0.15, 0.2) is 36.5 Å². The summed E-state index contributed by atoms with van der Waals surface area (Å²) in [5, 5.41) is 26.1. The highest BCUT2D eigenvalue weighted by atomic mass is 16.5. The summed E-state index contributed by atoms with van der Waals surface area (Å²) >= 11 is 0. The number of methoxy groups -OCH3 is 2. The van der Waals surface area contributed by atoms with Crippen LogP contribution in [0.5, 0.6) is 11.5 Å². The minimum Gasteiger partial charge on any atom is -0.497 e. The molecule has 2 aromatic heterocycles. The molecule has 0 spiro atoms. The lowest BCUT2D eigenvalue weighted by Crippen LogP contribution is -2.25. The van der Waals surface area contributed by atoms with Gasteiger partial charge in [-0.3, -0.25) is 4.98 Å². The highest BCUT2D eigenvalue weighted by Crippen LogP contribution is 2.32. The van der Waals surface area contributed by atoms with Crippen molar-refractivity contribution in [3.63, 3.8) is 0 Å². The Balaban J connectivity index is 2.05. The number of carbonyl (C=O) groups is 1. The van der Waals surface area contributed by atoms with Gasteiger partial charge in [-0.1, -0.05) is 13.3 Å². The van der Waals surface area contributed by atoms with Crippen molar-refractivity contribution >= 4 is 28.5 Å². The molecule has 9 heteroatoms. The maximum atomic E-state index is 12.3. The third-order valence-electron chi connectivity index (χ3n) is 5.10. The maximum Gasteiger partial charge on any atom is 0.341 e. The molecule has 0 saturated carbocycles. The van der Waals surface area contributed by atoms with Gasteiger partial charge in [0.05, 0.1) is 32.0 Å². The number of carboxylic acid groups (broad SMARTS) is 1. The number of fused-ring (bicyclic) bond motifs is 1. The number of nitrogens with one attached hydrogen (secondary N) is 2. The molecule has 32 heavy (non-hydrogen) atoms. The fourth-order valence-electron chi connectivity index (χ4n) is 3.51. The van der Waals surface area contributed by atoms with E-state index in [1.54, 1.807) is 44.7 Å². The van der Waals surface area contributed by atoms with Gasteiger partial charge < -0.3 is 30.3 Å². The van der Waals surface area contributed by atoms with E-state index in [9.17, 15) is 15.0 Å². The number of ether oxygens (including phenoxy) is 2. The predicted octanol–water partition coefficient (Wildman–Crippen LogP) is 3.53. The van der Waals surface area contributed by atoms with E-state index in [4.69, 9.17) is 9.47 Å². The van der Waals surface area contributed by atoms with Crippen LogP contribution in [0.3, 0.4) is 0 Å². The van der Waals surface area contributed by atoms with Gasteiger partial charge in [-0.05, 0) is 30.7 Å². The molecular formula is C23H28N4O5. The van der Waals surface area contributed by atoms with E-state index in [2.05, 4.69) is 20.6 Å². The first kappa shape index (κ1) is 23.1. The van der Waals surface area contributed by atoms with Crippen molar-refractivity contribution in [1.29, 1.82) is 0 Å². The van der Waals surface area contributed by atoms with Crippen LogP contribution in [0.25, 0.3) is 11.0 Å². The van der Waals surface area contributed by atoms with Gasteiger partial charge >= 0.3 is 5.97 Å². The van der Waals surface area contributed by atoms with Crippen LogP contribution in [0, 0.1) is 0 Å². The molecule has 0 aliphatic carbocycles. The summed E-state index contributed by atoms with van der Waals surface area (Å²) in [6, 6.07) is 8.61. The highest BCUT2D eigenvalue weighted by molar-refractivity contribution is 6.07. The SMILES string of the molecule is CCC[C@H](CO)Nc1c(C(=O)O)c(NCc2ccc(OC)cc2OC)nc2cccnc12. The topological polar surface area (TPSA) is 126 Å². The standard InChI is InChI=1S/C23H28N4O5/c1-4-6-15(13-28)26-21-19(23(29)30)22(27-17-7-5-10-24-20(17)21)25-12-14-8-9-16(31-2)11-18(14)32-3/h5,7-11,15,28H,4,6,12-13H2,1-3H3,(H,29,30)(H2,25,26,27)/t15-/m1/s1. The van der Waals surface area contributed by atoms with E-state index < -0.39 is 5.97 Å².